The zero-order valence-corrected chi connectivity index (χ0v) is 15.8. The van der Waals surface area contributed by atoms with Crippen LogP contribution in [0.4, 0.5) is 0 Å². The van der Waals surface area contributed by atoms with E-state index in [0.29, 0.717) is 13.2 Å². The minimum Gasteiger partial charge on any atom is -0.399 e. The van der Waals surface area contributed by atoms with Gasteiger partial charge in [0.05, 0.1) is 36.2 Å². The molecule has 2 aromatic heterocycles. The molecule has 0 N–H and O–H groups in total. The normalized spacial score (nSPS) is 11.5. The van der Waals surface area contributed by atoms with Gasteiger partial charge < -0.3 is 9.57 Å². The number of oxime groups is 1. The highest BCUT2D eigenvalue weighted by Crippen LogP contribution is 2.20. The molecular weight excluding hydrogens is 354 g/mol. The number of rotatable bonds is 7. The maximum absolute atomic E-state index is 5.85. The highest BCUT2D eigenvalue weighted by Gasteiger charge is 2.07. The molecule has 0 bridgehead atoms. The Labute approximate surface area is 162 Å². The third-order valence-electron chi connectivity index (χ3n) is 4.51. The van der Waals surface area contributed by atoms with E-state index in [1.807, 2.05) is 48.4 Å². The summed E-state index contributed by atoms with van der Waals surface area (Å²) in [5.74, 6) is 0. The second-order valence-corrected chi connectivity index (χ2v) is 6.39. The van der Waals surface area contributed by atoms with Crippen LogP contribution < -0.4 is 0 Å². The highest BCUT2D eigenvalue weighted by molar-refractivity contribution is 5.87. The quantitative estimate of drug-likeness (QED) is 0.366. The number of aryl methyl sites for hydroxylation is 1. The molecular formula is C21H21N5O2. The van der Waals surface area contributed by atoms with E-state index in [9.17, 15) is 0 Å². The van der Waals surface area contributed by atoms with Crippen molar-refractivity contribution in [3.63, 3.8) is 0 Å². The van der Waals surface area contributed by atoms with Gasteiger partial charge in [-0.3, -0.25) is 9.25 Å². The number of ether oxygens (including phenoxy) is 1. The lowest BCUT2D eigenvalue weighted by atomic mass is 10.2. The second kappa shape index (κ2) is 8.06. The van der Waals surface area contributed by atoms with E-state index < -0.39 is 0 Å². The van der Waals surface area contributed by atoms with Gasteiger partial charge in [0.25, 0.3) is 0 Å². The van der Waals surface area contributed by atoms with Crippen molar-refractivity contribution in [2.75, 3.05) is 7.11 Å². The lowest BCUT2D eigenvalue weighted by molar-refractivity contribution is 0.102. The average molecular weight is 375 g/mol. The molecule has 28 heavy (non-hydrogen) atoms. The van der Waals surface area contributed by atoms with Crippen molar-refractivity contribution in [2.24, 2.45) is 12.2 Å². The molecule has 4 rings (SSSR count). The number of nitrogens with zero attached hydrogens (tertiary/aromatic N) is 5. The second-order valence-electron chi connectivity index (χ2n) is 6.39. The Morgan fingerprint density at radius 3 is 2.86 bits per heavy atom. The van der Waals surface area contributed by atoms with Crippen molar-refractivity contribution in [1.29, 1.82) is 0 Å². The van der Waals surface area contributed by atoms with Gasteiger partial charge in [-0.25, -0.2) is 4.98 Å². The third-order valence-corrected chi connectivity index (χ3v) is 4.51. The van der Waals surface area contributed by atoms with E-state index in [1.165, 1.54) is 7.11 Å². The van der Waals surface area contributed by atoms with E-state index in [0.717, 1.165) is 33.5 Å². The standard InChI is InChI=1S/C21H21N5O2/c1-25-19(8-9-23-25)14-28-13-17-4-3-5-18(10-17)26-15-22-20-11-16(12-24-27-2)6-7-21(20)26/h3-12,15H,13-14H2,1-2H3/b24-12+. The molecule has 142 valence electrons. The van der Waals surface area contributed by atoms with Crippen LogP contribution in [-0.4, -0.2) is 32.7 Å². The van der Waals surface area contributed by atoms with Gasteiger partial charge in [0.1, 0.15) is 13.4 Å². The van der Waals surface area contributed by atoms with Crippen LogP contribution in [-0.2, 0) is 29.8 Å². The summed E-state index contributed by atoms with van der Waals surface area (Å²) >= 11 is 0. The summed E-state index contributed by atoms with van der Waals surface area (Å²) < 4.78 is 9.73. The zero-order chi connectivity index (χ0) is 19.3. The average Bonchev–Trinajstić information content (AvgIpc) is 3.32. The summed E-state index contributed by atoms with van der Waals surface area (Å²) in [5, 5.41) is 7.95. The van der Waals surface area contributed by atoms with Gasteiger partial charge in [-0.05, 0) is 41.5 Å². The van der Waals surface area contributed by atoms with E-state index in [-0.39, 0.29) is 0 Å². The van der Waals surface area contributed by atoms with Gasteiger partial charge in [0.15, 0.2) is 0 Å². The molecule has 7 heteroatoms. The van der Waals surface area contributed by atoms with Crippen molar-refractivity contribution < 1.29 is 9.57 Å². The van der Waals surface area contributed by atoms with Crippen LogP contribution in [0.3, 0.4) is 0 Å². The van der Waals surface area contributed by atoms with Crippen LogP contribution in [0.2, 0.25) is 0 Å². The Morgan fingerprint density at radius 2 is 2.04 bits per heavy atom. The van der Waals surface area contributed by atoms with Gasteiger partial charge in [0.2, 0.25) is 0 Å². The van der Waals surface area contributed by atoms with Crippen LogP contribution in [0.25, 0.3) is 16.7 Å². The number of hydrogen-bond acceptors (Lipinski definition) is 5. The molecule has 0 aliphatic rings. The van der Waals surface area contributed by atoms with Crippen molar-refractivity contribution in [3.8, 4) is 5.69 Å². The van der Waals surface area contributed by atoms with Gasteiger partial charge in [-0.15, -0.1) is 0 Å². The van der Waals surface area contributed by atoms with E-state index in [4.69, 9.17) is 9.57 Å². The van der Waals surface area contributed by atoms with Crippen LogP contribution in [0.5, 0.6) is 0 Å². The number of fused-ring (bicyclic) bond motifs is 1. The van der Waals surface area contributed by atoms with Crippen molar-refractivity contribution >= 4 is 17.2 Å². The predicted octanol–water partition coefficient (Wildman–Crippen LogP) is 3.46. The fraction of sp³-hybridized carbons (Fsp3) is 0.190. The van der Waals surface area contributed by atoms with Crippen molar-refractivity contribution in [3.05, 3.63) is 77.9 Å². The smallest absolute Gasteiger partial charge is 0.106 e. The fourth-order valence-corrected chi connectivity index (χ4v) is 3.04. The molecule has 2 heterocycles. The van der Waals surface area contributed by atoms with E-state index in [1.54, 1.807) is 12.4 Å². The van der Waals surface area contributed by atoms with Crippen molar-refractivity contribution in [1.82, 2.24) is 19.3 Å². The summed E-state index contributed by atoms with van der Waals surface area (Å²) in [6, 6.07) is 16.2. The SMILES string of the molecule is CO/N=C/c1ccc2c(c1)ncn2-c1cccc(COCc2ccnn2C)c1. The molecule has 2 aromatic carbocycles. The molecule has 0 saturated carbocycles. The number of benzene rings is 2. The van der Waals surface area contributed by atoms with Crippen LogP contribution >= 0.6 is 0 Å². The zero-order valence-electron chi connectivity index (χ0n) is 15.8. The summed E-state index contributed by atoms with van der Waals surface area (Å²) in [6.45, 7) is 1.06. The molecule has 0 fully saturated rings. The number of imidazole rings is 1. The highest BCUT2D eigenvalue weighted by atomic mass is 16.6. The first kappa shape index (κ1) is 17.9. The topological polar surface area (TPSA) is 66.5 Å². The molecule has 0 atom stereocenters. The Balaban J connectivity index is 1.52. The van der Waals surface area contributed by atoms with Gasteiger partial charge in [-0.1, -0.05) is 23.4 Å². The monoisotopic (exact) mass is 375 g/mol. The number of aromatic nitrogens is 4. The van der Waals surface area contributed by atoms with Crippen LogP contribution in [0.15, 0.2) is 66.2 Å². The van der Waals surface area contributed by atoms with E-state index in [2.05, 4.69) is 38.0 Å². The molecule has 0 aliphatic heterocycles. The Kier molecular flexibility index (Phi) is 5.16. The first-order valence-electron chi connectivity index (χ1n) is 8.92. The van der Waals surface area contributed by atoms with E-state index >= 15 is 0 Å². The summed E-state index contributed by atoms with van der Waals surface area (Å²) in [4.78, 5) is 9.25. The molecule has 7 nitrogen and oxygen atoms in total. The van der Waals surface area contributed by atoms with Gasteiger partial charge in [-0.2, -0.15) is 5.10 Å². The maximum atomic E-state index is 5.85. The third kappa shape index (κ3) is 3.79. The first-order chi connectivity index (χ1) is 13.7. The van der Waals surface area contributed by atoms with Crippen LogP contribution in [0, 0.1) is 0 Å². The lowest BCUT2D eigenvalue weighted by Gasteiger charge is -2.09. The van der Waals surface area contributed by atoms with Gasteiger partial charge in [0, 0.05) is 18.9 Å². The largest absolute Gasteiger partial charge is 0.399 e. The molecule has 0 radical (unpaired) electrons. The molecule has 0 spiro atoms. The molecule has 0 saturated heterocycles. The Bertz CT molecular complexity index is 1110. The Hall–Kier alpha value is -3.45. The lowest BCUT2D eigenvalue weighted by Crippen LogP contribution is -2.01. The fourth-order valence-electron chi connectivity index (χ4n) is 3.04. The molecule has 0 unspecified atom stereocenters. The van der Waals surface area contributed by atoms with Gasteiger partial charge >= 0.3 is 0 Å². The minimum absolute atomic E-state index is 0.528. The first-order valence-corrected chi connectivity index (χ1v) is 8.92. The molecule has 0 amide bonds. The molecule has 0 aliphatic carbocycles. The summed E-state index contributed by atoms with van der Waals surface area (Å²) in [7, 11) is 3.44. The summed E-state index contributed by atoms with van der Waals surface area (Å²) in [5.41, 5.74) is 6.06. The molecule has 4 aromatic rings. The number of hydrogen-bond donors (Lipinski definition) is 0. The van der Waals surface area contributed by atoms with Crippen molar-refractivity contribution in [2.45, 2.75) is 13.2 Å². The summed E-state index contributed by atoms with van der Waals surface area (Å²) in [6.07, 6.45) is 5.27. The maximum Gasteiger partial charge on any atom is 0.106 e. The predicted molar refractivity (Wildman–Crippen MR) is 107 cm³/mol. The van der Waals surface area contributed by atoms with Crippen LogP contribution in [0.1, 0.15) is 16.8 Å². The Morgan fingerprint density at radius 1 is 1.11 bits per heavy atom. The minimum atomic E-state index is 0.528.